The number of anilines is 1. The molecule has 0 atom stereocenters. The van der Waals surface area contributed by atoms with E-state index < -0.39 is 5.60 Å². The molecule has 0 saturated carbocycles. The highest BCUT2D eigenvalue weighted by Gasteiger charge is 2.16. The second kappa shape index (κ2) is 4.52. The zero-order valence-electron chi connectivity index (χ0n) is 8.90. The number of hydrogen-bond acceptors (Lipinski definition) is 6. The Hall–Kier alpha value is -1.24. The molecule has 1 heterocycles. The van der Waals surface area contributed by atoms with Crippen molar-refractivity contribution in [2.45, 2.75) is 31.5 Å². The first-order chi connectivity index (χ1) is 6.87. The summed E-state index contributed by atoms with van der Waals surface area (Å²) in [4.78, 5) is 15.1. The number of H-pyrrole nitrogens is 1. The van der Waals surface area contributed by atoms with Crippen molar-refractivity contribution in [3.8, 4) is 0 Å². The predicted molar refractivity (Wildman–Crippen MR) is 57.4 cm³/mol. The van der Waals surface area contributed by atoms with Crippen molar-refractivity contribution in [1.82, 2.24) is 15.2 Å². The summed E-state index contributed by atoms with van der Waals surface area (Å²) in [5, 5.41) is 6.71. The lowest BCUT2D eigenvalue weighted by molar-refractivity contribution is -0.151. The lowest BCUT2D eigenvalue weighted by Crippen LogP contribution is -2.24. The second-order valence-electron chi connectivity index (χ2n) is 3.88. The number of nitrogens with one attached hydrogen (secondary N) is 1. The number of nitrogen functional groups attached to an aromatic ring is 1. The first-order valence-electron chi connectivity index (χ1n) is 4.39. The molecule has 15 heavy (non-hydrogen) atoms. The molecule has 1 aromatic rings. The van der Waals surface area contributed by atoms with Gasteiger partial charge in [0.2, 0.25) is 11.1 Å². The van der Waals surface area contributed by atoms with E-state index in [1.807, 2.05) is 20.8 Å². The van der Waals surface area contributed by atoms with Crippen molar-refractivity contribution in [2.75, 3.05) is 11.5 Å². The first-order valence-corrected chi connectivity index (χ1v) is 5.38. The molecule has 0 unspecified atom stereocenters. The minimum Gasteiger partial charge on any atom is -0.459 e. The SMILES string of the molecule is CC(C)(C)OC(=O)CSc1n[nH]c(N)n1. The lowest BCUT2D eigenvalue weighted by atomic mass is 10.2. The smallest absolute Gasteiger partial charge is 0.316 e. The zero-order chi connectivity index (χ0) is 11.5. The molecular formula is C8H14N4O2S. The molecule has 3 N–H and O–H groups in total. The Kier molecular flexibility index (Phi) is 3.57. The first kappa shape index (κ1) is 11.8. The molecule has 0 aliphatic carbocycles. The number of carbonyl (C=O) groups is 1. The van der Waals surface area contributed by atoms with Crippen molar-refractivity contribution in [3.05, 3.63) is 0 Å². The third-order valence-corrected chi connectivity index (χ3v) is 2.04. The van der Waals surface area contributed by atoms with Crippen molar-refractivity contribution in [3.63, 3.8) is 0 Å². The number of aromatic amines is 1. The zero-order valence-corrected chi connectivity index (χ0v) is 9.72. The monoisotopic (exact) mass is 230 g/mol. The van der Waals surface area contributed by atoms with Gasteiger partial charge in [0.1, 0.15) is 5.60 Å². The maximum atomic E-state index is 11.3. The normalized spacial score (nSPS) is 11.4. The molecule has 1 rings (SSSR count). The Morgan fingerprint density at radius 3 is 2.73 bits per heavy atom. The Labute approximate surface area is 92.0 Å². The minimum atomic E-state index is -0.463. The van der Waals surface area contributed by atoms with Crippen LogP contribution in [0.5, 0.6) is 0 Å². The van der Waals surface area contributed by atoms with Crippen LogP contribution in [0.3, 0.4) is 0 Å². The van der Waals surface area contributed by atoms with Gasteiger partial charge in [0, 0.05) is 0 Å². The number of nitrogens with two attached hydrogens (primary N) is 1. The van der Waals surface area contributed by atoms with Crippen LogP contribution in [0.25, 0.3) is 0 Å². The Morgan fingerprint density at radius 2 is 2.27 bits per heavy atom. The predicted octanol–water partition coefficient (Wildman–Crippen LogP) is 0.821. The molecule has 0 bridgehead atoms. The topological polar surface area (TPSA) is 93.9 Å². The van der Waals surface area contributed by atoms with Crippen molar-refractivity contribution in [1.29, 1.82) is 0 Å². The third-order valence-electron chi connectivity index (χ3n) is 1.22. The summed E-state index contributed by atoms with van der Waals surface area (Å²) in [5.74, 6) is 0.117. The molecule has 0 aliphatic heterocycles. The number of rotatable bonds is 3. The van der Waals surface area contributed by atoms with Gasteiger partial charge in [0.05, 0.1) is 5.75 Å². The average molecular weight is 230 g/mol. The van der Waals surface area contributed by atoms with E-state index in [1.165, 1.54) is 11.8 Å². The summed E-state index contributed by atoms with van der Waals surface area (Å²) in [7, 11) is 0. The quantitative estimate of drug-likeness (QED) is 0.589. The third kappa shape index (κ3) is 4.68. The van der Waals surface area contributed by atoms with E-state index in [-0.39, 0.29) is 17.7 Å². The van der Waals surface area contributed by atoms with E-state index >= 15 is 0 Å². The van der Waals surface area contributed by atoms with Crippen LogP contribution in [-0.4, -0.2) is 32.5 Å². The summed E-state index contributed by atoms with van der Waals surface area (Å²) < 4.78 is 5.11. The maximum Gasteiger partial charge on any atom is 0.316 e. The molecule has 0 saturated heterocycles. The van der Waals surface area contributed by atoms with E-state index in [4.69, 9.17) is 10.5 Å². The highest BCUT2D eigenvalue weighted by Crippen LogP contribution is 2.15. The highest BCUT2D eigenvalue weighted by molar-refractivity contribution is 7.99. The number of ether oxygens (including phenoxy) is 1. The molecule has 0 aliphatic rings. The van der Waals surface area contributed by atoms with E-state index in [2.05, 4.69) is 15.2 Å². The van der Waals surface area contributed by atoms with E-state index in [0.717, 1.165) is 0 Å². The summed E-state index contributed by atoms with van der Waals surface area (Å²) in [6.07, 6.45) is 0. The Morgan fingerprint density at radius 1 is 1.60 bits per heavy atom. The van der Waals surface area contributed by atoms with Gasteiger partial charge in [-0.2, -0.15) is 4.98 Å². The van der Waals surface area contributed by atoms with E-state index in [9.17, 15) is 4.79 Å². The summed E-state index contributed by atoms with van der Waals surface area (Å²) in [5.41, 5.74) is 4.87. The fraction of sp³-hybridized carbons (Fsp3) is 0.625. The van der Waals surface area contributed by atoms with Gasteiger partial charge in [-0.1, -0.05) is 11.8 Å². The second-order valence-corrected chi connectivity index (χ2v) is 4.82. The number of esters is 1. The molecule has 0 radical (unpaired) electrons. The molecule has 0 aromatic carbocycles. The van der Waals surface area contributed by atoms with Gasteiger partial charge in [0.15, 0.2) is 0 Å². The maximum absolute atomic E-state index is 11.3. The minimum absolute atomic E-state index is 0.175. The molecule has 0 spiro atoms. The molecular weight excluding hydrogens is 216 g/mol. The van der Waals surface area contributed by atoms with Crippen LogP contribution in [0.15, 0.2) is 5.16 Å². The van der Waals surface area contributed by atoms with E-state index in [1.54, 1.807) is 0 Å². The van der Waals surface area contributed by atoms with E-state index in [0.29, 0.717) is 5.16 Å². The van der Waals surface area contributed by atoms with Gasteiger partial charge in [-0.25, -0.2) is 5.10 Å². The average Bonchev–Trinajstić information content (AvgIpc) is 2.45. The molecule has 0 amide bonds. The summed E-state index contributed by atoms with van der Waals surface area (Å²) in [6, 6.07) is 0. The molecule has 84 valence electrons. The fourth-order valence-corrected chi connectivity index (χ4v) is 1.40. The Bertz CT molecular complexity index is 345. The van der Waals surface area contributed by atoms with Gasteiger partial charge in [0.25, 0.3) is 0 Å². The molecule has 6 nitrogen and oxygen atoms in total. The summed E-state index contributed by atoms with van der Waals surface area (Å²) in [6.45, 7) is 5.46. The van der Waals surface area contributed by atoms with Gasteiger partial charge in [-0.3, -0.25) is 4.79 Å². The number of hydrogen-bond donors (Lipinski definition) is 2. The van der Waals surface area contributed by atoms with Crippen LogP contribution in [0.2, 0.25) is 0 Å². The highest BCUT2D eigenvalue weighted by atomic mass is 32.2. The van der Waals surface area contributed by atoms with Crippen LogP contribution < -0.4 is 5.73 Å². The van der Waals surface area contributed by atoms with Crippen LogP contribution in [0, 0.1) is 0 Å². The molecule has 0 fully saturated rings. The summed E-state index contributed by atoms with van der Waals surface area (Å²) >= 11 is 1.18. The van der Waals surface area contributed by atoms with Crippen molar-refractivity contribution < 1.29 is 9.53 Å². The molecule has 7 heteroatoms. The van der Waals surface area contributed by atoms with Crippen molar-refractivity contribution in [2.24, 2.45) is 0 Å². The van der Waals surface area contributed by atoms with Crippen LogP contribution in [0.4, 0.5) is 5.95 Å². The number of carbonyl (C=O) groups excluding carboxylic acids is 1. The van der Waals surface area contributed by atoms with Gasteiger partial charge in [-0.05, 0) is 20.8 Å². The van der Waals surface area contributed by atoms with Gasteiger partial charge in [-0.15, -0.1) is 5.10 Å². The van der Waals surface area contributed by atoms with Gasteiger partial charge >= 0.3 is 5.97 Å². The van der Waals surface area contributed by atoms with Gasteiger partial charge < -0.3 is 10.5 Å². The number of aromatic nitrogens is 3. The van der Waals surface area contributed by atoms with Crippen LogP contribution in [0.1, 0.15) is 20.8 Å². The fourth-order valence-electron chi connectivity index (χ4n) is 0.817. The Balaban J connectivity index is 2.35. The van der Waals surface area contributed by atoms with Crippen LogP contribution in [-0.2, 0) is 9.53 Å². The number of nitrogens with zero attached hydrogens (tertiary/aromatic N) is 2. The number of thioether (sulfide) groups is 1. The van der Waals surface area contributed by atoms with Crippen molar-refractivity contribution >= 4 is 23.7 Å². The standard InChI is InChI=1S/C8H14N4O2S/c1-8(2,3)14-5(13)4-15-7-10-6(9)11-12-7/h4H2,1-3H3,(H3,9,10,11,12). The van der Waals surface area contributed by atoms with Crippen LogP contribution >= 0.6 is 11.8 Å². The largest absolute Gasteiger partial charge is 0.459 e. The lowest BCUT2D eigenvalue weighted by Gasteiger charge is -2.18. The molecule has 1 aromatic heterocycles.